The molecule has 0 bridgehead atoms. The molecule has 0 amide bonds. The number of H-pyrrole nitrogens is 1. The average Bonchev–Trinajstić information content (AvgIpc) is 3.20. The number of nitrogens with one attached hydrogen (secondary N) is 1. The number of rotatable bonds is 5. The molecule has 0 spiro atoms. The lowest BCUT2D eigenvalue weighted by molar-refractivity contribution is 0.103. The number of aliphatic hydroxyl groups excluding tert-OH is 1. The minimum Gasteiger partial charge on any atom is -0.507 e. The number of carbonyl (C=O) groups is 1. The number of aromatic amines is 1. The van der Waals surface area contributed by atoms with Crippen LogP contribution >= 0.6 is 11.6 Å². The summed E-state index contributed by atoms with van der Waals surface area (Å²) >= 11 is 5.80. The third-order valence-corrected chi connectivity index (χ3v) is 3.10. The van der Waals surface area contributed by atoms with Gasteiger partial charge in [0.05, 0.1) is 6.26 Å². The van der Waals surface area contributed by atoms with E-state index in [9.17, 15) is 9.90 Å². The van der Waals surface area contributed by atoms with Gasteiger partial charge < -0.3 is 14.3 Å². The van der Waals surface area contributed by atoms with Crippen molar-refractivity contribution in [3.63, 3.8) is 0 Å². The molecule has 1 aromatic carbocycles. The Morgan fingerprint density at radius 1 is 1.30 bits per heavy atom. The third kappa shape index (κ3) is 3.41. The number of carbonyl (C=O) groups excluding carboxylic acids is 1. The molecular formula is C15H10ClN3O4. The van der Waals surface area contributed by atoms with E-state index in [1.54, 1.807) is 24.3 Å². The molecule has 23 heavy (non-hydrogen) atoms. The second-order valence-electron chi connectivity index (χ2n) is 4.41. The first kappa shape index (κ1) is 14.9. The number of hydrogen-bond donors (Lipinski definition) is 2. The Balaban J connectivity index is 1.82. The lowest BCUT2D eigenvalue weighted by atomic mass is 10.2. The summed E-state index contributed by atoms with van der Waals surface area (Å²) in [6.07, 6.45) is 3.54. The van der Waals surface area contributed by atoms with Crippen LogP contribution in [-0.2, 0) is 0 Å². The first-order chi connectivity index (χ1) is 11.1. The predicted molar refractivity (Wildman–Crippen MR) is 81.6 cm³/mol. The molecule has 0 fully saturated rings. The topological polar surface area (TPSA) is 101 Å². The molecule has 2 aromatic heterocycles. The number of nitrogens with zero attached hydrogens (tertiary/aromatic N) is 2. The number of ether oxygens (including phenoxy) is 1. The molecule has 0 saturated carbocycles. The van der Waals surface area contributed by atoms with Gasteiger partial charge >= 0.3 is 5.95 Å². The fourth-order valence-electron chi connectivity index (χ4n) is 1.77. The normalized spacial score (nSPS) is 11.4. The fraction of sp³-hybridized carbons (Fsp3) is 0. The molecule has 0 aliphatic rings. The van der Waals surface area contributed by atoms with Crippen molar-refractivity contribution in [2.45, 2.75) is 0 Å². The van der Waals surface area contributed by atoms with Gasteiger partial charge in [0.15, 0.2) is 5.82 Å². The number of aliphatic hydroxyl groups is 1. The van der Waals surface area contributed by atoms with Crippen molar-refractivity contribution in [3.8, 4) is 11.7 Å². The number of furan rings is 1. The number of ketones is 1. The van der Waals surface area contributed by atoms with Crippen LogP contribution in [0, 0.1) is 0 Å². The van der Waals surface area contributed by atoms with Crippen molar-refractivity contribution in [2.24, 2.45) is 0 Å². The van der Waals surface area contributed by atoms with Crippen molar-refractivity contribution in [1.29, 1.82) is 0 Å². The van der Waals surface area contributed by atoms with Crippen LogP contribution < -0.4 is 4.74 Å². The zero-order valence-corrected chi connectivity index (χ0v) is 12.3. The van der Waals surface area contributed by atoms with Crippen LogP contribution in [0.15, 0.2) is 53.4 Å². The lowest BCUT2D eigenvalue weighted by Crippen LogP contribution is -1.99. The van der Waals surface area contributed by atoms with Crippen molar-refractivity contribution in [1.82, 2.24) is 15.2 Å². The fourth-order valence-corrected chi connectivity index (χ4v) is 1.89. The zero-order chi connectivity index (χ0) is 16.2. The van der Waals surface area contributed by atoms with E-state index in [-0.39, 0.29) is 23.1 Å². The van der Waals surface area contributed by atoms with Crippen LogP contribution in [0.25, 0.3) is 5.76 Å². The molecule has 3 rings (SSSR count). The van der Waals surface area contributed by atoms with Gasteiger partial charge in [-0.15, -0.1) is 0 Å². The summed E-state index contributed by atoms with van der Waals surface area (Å²) in [6.45, 7) is 0. The van der Waals surface area contributed by atoms with Crippen LogP contribution in [0.1, 0.15) is 16.2 Å². The van der Waals surface area contributed by atoms with E-state index in [1.165, 1.54) is 18.7 Å². The van der Waals surface area contributed by atoms with Crippen LogP contribution in [0.2, 0.25) is 5.02 Å². The highest BCUT2D eigenvalue weighted by molar-refractivity contribution is 6.30. The van der Waals surface area contributed by atoms with E-state index in [4.69, 9.17) is 20.8 Å². The van der Waals surface area contributed by atoms with E-state index in [0.717, 1.165) is 6.08 Å². The summed E-state index contributed by atoms with van der Waals surface area (Å²) in [5.74, 6) is -0.311. The van der Waals surface area contributed by atoms with Gasteiger partial charge in [0.1, 0.15) is 23.4 Å². The second kappa shape index (κ2) is 6.37. The van der Waals surface area contributed by atoms with Crippen LogP contribution in [-0.4, -0.2) is 26.1 Å². The maximum atomic E-state index is 11.9. The second-order valence-corrected chi connectivity index (χ2v) is 4.84. The monoisotopic (exact) mass is 331 g/mol. The summed E-state index contributed by atoms with van der Waals surface area (Å²) in [4.78, 5) is 15.6. The maximum absolute atomic E-state index is 11.9. The van der Waals surface area contributed by atoms with Crippen molar-refractivity contribution < 1.29 is 19.1 Å². The SMILES string of the molecule is O=C(C=C(O)c1ccoc1Oc1ccc(Cl)cc1)c1ncn[nH]1. The largest absolute Gasteiger partial charge is 0.507 e. The van der Waals surface area contributed by atoms with Gasteiger partial charge in [0.2, 0.25) is 5.78 Å². The molecule has 0 aliphatic carbocycles. The minimum absolute atomic E-state index is 0.0141. The summed E-state index contributed by atoms with van der Waals surface area (Å²) < 4.78 is 10.7. The number of allylic oxidation sites excluding steroid dienone is 1. The smallest absolute Gasteiger partial charge is 0.301 e. The van der Waals surface area contributed by atoms with E-state index >= 15 is 0 Å². The van der Waals surface area contributed by atoms with E-state index in [2.05, 4.69) is 15.2 Å². The quantitative estimate of drug-likeness (QED) is 0.420. The minimum atomic E-state index is -0.529. The van der Waals surface area contributed by atoms with Gasteiger partial charge in [0.25, 0.3) is 0 Å². The molecule has 2 heterocycles. The molecule has 8 heteroatoms. The molecule has 0 atom stereocenters. The molecule has 116 valence electrons. The van der Waals surface area contributed by atoms with Crippen LogP contribution in [0.3, 0.4) is 0 Å². The molecular weight excluding hydrogens is 322 g/mol. The van der Waals surface area contributed by atoms with E-state index in [0.29, 0.717) is 10.8 Å². The van der Waals surface area contributed by atoms with Gasteiger partial charge in [-0.2, -0.15) is 5.10 Å². The molecule has 0 unspecified atom stereocenters. The Kier molecular flexibility index (Phi) is 4.11. The third-order valence-electron chi connectivity index (χ3n) is 2.85. The molecule has 2 N–H and O–H groups in total. The highest BCUT2D eigenvalue weighted by Crippen LogP contribution is 2.31. The van der Waals surface area contributed by atoms with Crippen LogP contribution in [0.4, 0.5) is 0 Å². The molecule has 0 saturated heterocycles. The Bertz CT molecular complexity index is 838. The molecule has 0 radical (unpaired) electrons. The van der Waals surface area contributed by atoms with E-state index < -0.39 is 5.78 Å². The van der Waals surface area contributed by atoms with Gasteiger partial charge in [0, 0.05) is 11.1 Å². The highest BCUT2D eigenvalue weighted by Gasteiger charge is 2.16. The van der Waals surface area contributed by atoms with Crippen molar-refractivity contribution in [3.05, 3.63) is 65.4 Å². The Labute approximate surface area is 135 Å². The standard InChI is InChI=1S/C15H10ClN3O4/c16-9-1-3-10(4-2-9)23-15-11(5-6-22-15)12(20)7-13(21)14-17-8-18-19-14/h1-8,20H,(H,17,18,19). The average molecular weight is 332 g/mol. The van der Waals surface area contributed by atoms with Gasteiger partial charge in [-0.1, -0.05) is 11.6 Å². The van der Waals surface area contributed by atoms with Gasteiger partial charge in [-0.3, -0.25) is 9.89 Å². The Morgan fingerprint density at radius 2 is 2.09 bits per heavy atom. The lowest BCUT2D eigenvalue weighted by Gasteiger charge is -2.04. The van der Waals surface area contributed by atoms with Crippen LogP contribution in [0.5, 0.6) is 11.7 Å². The Hall–Kier alpha value is -3.06. The summed E-state index contributed by atoms with van der Waals surface area (Å²) in [5, 5.41) is 16.7. The number of hydrogen-bond acceptors (Lipinski definition) is 6. The first-order valence-corrected chi connectivity index (χ1v) is 6.83. The molecule has 0 aliphatic heterocycles. The van der Waals surface area contributed by atoms with E-state index in [1.807, 2.05) is 0 Å². The van der Waals surface area contributed by atoms with Gasteiger partial charge in [-0.05, 0) is 30.3 Å². The summed E-state index contributed by atoms with van der Waals surface area (Å²) in [6, 6.07) is 8.08. The highest BCUT2D eigenvalue weighted by atomic mass is 35.5. The van der Waals surface area contributed by atoms with Crippen molar-refractivity contribution in [2.75, 3.05) is 0 Å². The zero-order valence-electron chi connectivity index (χ0n) is 11.6. The number of halogens is 1. The predicted octanol–water partition coefficient (Wildman–Crippen LogP) is 3.63. The molecule has 3 aromatic rings. The summed E-state index contributed by atoms with van der Waals surface area (Å²) in [5.41, 5.74) is 0.229. The summed E-state index contributed by atoms with van der Waals surface area (Å²) in [7, 11) is 0. The Morgan fingerprint density at radius 3 is 2.78 bits per heavy atom. The van der Waals surface area contributed by atoms with Crippen molar-refractivity contribution >= 4 is 23.1 Å². The molecule has 7 nitrogen and oxygen atoms in total. The number of aromatic nitrogens is 3. The van der Waals surface area contributed by atoms with Gasteiger partial charge in [-0.25, -0.2) is 4.98 Å². The maximum Gasteiger partial charge on any atom is 0.301 e. The first-order valence-electron chi connectivity index (χ1n) is 6.45. The number of benzene rings is 1.